The summed E-state index contributed by atoms with van der Waals surface area (Å²) in [5.74, 6) is 1.08. The Kier molecular flexibility index (Phi) is 12.4. The molecule has 0 unspecified atom stereocenters. The van der Waals surface area contributed by atoms with Crippen LogP contribution in [0.15, 0.2) is 267 Å². The minimum Gasteiger partial charge on any atom is -0.310 e. The summed E-state index contributed by atoms with van der Waals surface area (Å²) in [4.78, 5) is 5.42. The summed E-state index contributed by atoms with van der Waals surface area (Å²) in [6.07, 6.45) is 4.75. The van der Waals surface area contributed by atoms with Gasteiger partial charge in [0.25, 0.3) is 6.71 Å². The van der Waals surface area contributed by atoms with Crippen LogP contribution in [0.3, 0.4) is 0 Å². The van der Waals surface area contributed by atoms with E-state index in [1.165, 1.54) is 136 Å². The predicted molar refractivity (Wildman–Crippen MR) is 337 cm³/mol. The molecule has 79 heavy (non-hydrogen) atoms. The molecule has 2 aliphatic heterocycles. The average molecular weight is 1020 g/mol. The van der Waals surface area contributed by atoms with Crippen LogP contribution in [0.25, 0.3) is 66.8 Å². The summed E-state index contributed by atoms with van der Waals surface area (Å²) in [5, 5.41) is 0. The minimum absolute atomic E-state index is 0.117. The second-order valence-corrected chi connectivity index (χ2v) is 23.1. The number of hydrogen-bond donors (Lipinski definition) is 0. The van der Waals surface area contributed by atoms with Gasteiger partial charge in [0.2, 0.25) is 0 Å². The van der Waals surface area contributed by atoms with Crippen molar-refractivity contribution in [2.45, 2.75) is 52.4 Å². The lowest BCUT2D eigenvalue weighted by Gasteiger charge is -2.46. The standard InChI is InChI=1S/C76H63BN2/c1-76(2,3)62-44-40-54(41-45-62)61-50-71-73-72(51-61)79(75-65(57-32-18-8-19-33-57)38-23-39-66(75)58-34-20-9-21-35-58)70-47-43-60(53-26-12-5-13-27-53)49-68(70)77(73)67-48-59(52-24-10-4-11-25-52)42-46-69(67)78(71)74-63(55-28-14-6-15-29-55)36-22-37-64(74)56-30-16-7-17-31-56/h4-39,42-43,46-51,54,62H,40-41,44-45H2,1-3H3. The fraction of sp³-hybridized carbons (Fsp3) is 0.132. The van der Waals surface area contributed by atoms with Crippen LogP contribution in [0, 0.1) is 11.3 Å². The molecule has 2 heterocycles. The fourth-order valence-electron chi connectivity index (χ4n) is 13.6. The van der Waals surface area contributed by atoms with Gasteiger partial charge in [-0.3, -0.25) is 0 Å². The molecule has 3 heteroatoms. The van der Waals surface area contributed by atoms with E-state index in [9.17, 15) is 0 Å². The first-order chi connectivity index (χ1) is 38.9. The van der Waals surface area contributed by atoms with E-state index in [1.807, 2.05) is 0 Å². The molecule has 3 aliphatic rings. The normalized spacial score (nSPS) is 15.5. The van der Waals surface area contributed by atoms with Crippen LogP contribution in [0.5, 0.6) is 0 Å². The van der Waals surface area contributed by atoms with Crippen LogP contribution in [0.1, 0.15) is 57.9 Å². The molecule has 0 spiro atoms. The quantitative estimate of drug-likeness (QED) is 0.133. The second-order valence-electron chi connectivity index (χ2n) is 23.1. The van der Waals surface area contributed by atoms with E-state index in [1.54, 1.807) is 0 Å². The fourth-order valence-corrected chi connectivity index (χ4v) is 13.6. The van der Waals surface area contributed by atoms with Crippen molar-refractivity contribution in [1.82, 2.24) is 0 Å². The van der Waals surface area contributed by atoms with Gasteiger partial charge < -0.3 is 9.80 Å². The van der Waals surface area contributed by atoms with Crippen molar-refractivity contribution >= 4 is 57.2 Å². The molecule has 11 aromatic carbocycles. The van der Waals surface area contributed by atoms with Gasteiger partial charge in [-0.25, -0.2) is 0 Å². The first kappa shape index (κ1) is 48.5. The van der Waals surface area contributed by atoms with Gasteiger partial charge in [-0.15, -0.1) is 0 Å². The van der Waals surface area contributed by atoms with Crippen molar-refractivity contribution < 1.29 is 0 Å². The molecule has 0 atom stereocenters. The Bertz CT molecular complexity index is 3630. The topological polar surface area (TPSA) is 6.48 Å². The van der Waals surface area contributed by atoms with Gasteiger partial charge in [0.05, 0.1) is 11.4 Å². The van der Waals surface area contributed by atoms with E-state index in [2.05, 4.69) is 297 Å². The minimum atomic E-state index is -0.117. The maximum Gasteiger partial charge on any atom is 0.252 e. The van der Waals surface area contributed by atoms with E-state index >= 15 is 0 Å². The Balaban J connectivity index is 1.15. The number of nitrogens with zero attached hydrogens (tertiary/aromatic N) is 2. The molecule has 0 aromatic heterocycles. The monoisotopic (exact) mass is 1010 g/mol. The zero-order valence-corrected chi connectivity index (χ0v) is 45.4. The third-order valence-electron chi connectivity index (χ3n) is 17.6. The molecule has 1 saturated carbocycles. The number of anilines is 6. The zero-order valence-electron chi connectivity index (χ0n) is 45.4. The summed E-state index contributed by atoms with van der Waals surface area (Å²) >= 11 is 0. The van der Waals surface area contributed by atoms with Gasteiger partial charge >= 0.3 is 0 Å². The number of hydrogen-bond acceptors (Lipinski definition) is 2. The second kappa shape index (κ2) is 20.1. The lowest BCUT2D eigenvalue weighted by Crippen LogP contribution is -2.61. The van der Waals surface area contributed by atoms with Crippen LogP contribution in [-0.2, 0) is 0 Å². The SMILES string of the molecule is CC(C)(C)C1CCC(c2cc3c4c(c2)N(c2c(-c5ccccc5)cccc2-c2ccccc2)c2ccc(-c5ccccc5)cc2B4c2cc(-c4ccccc4)ccc2N3c2c(-c3ccccc3)cccc2-c2ccccc2)CC1. The van der Waals surface area contributed by atoms with Crippen molar-refractivity contribution in [2.24, 2.45) is 11.3 Å². The Morgan fingerprint density at radius 2 is 0.646 bits per heavy atom. The molecular formula is C76H63BN2. The Morgan fingerprint density at radius 3 is 0.975 bits per heavy atom. The van der Waals surface area contributed by atoms with E-state index in [4.69, 9.17) is 0 Å². The lowest BCUT2D eigenvalue weighted by atomic mass is 9.33. The molecule has 0 N–H and O–H groups in total. The highest BCUT2D eigenvalue weighted by atomic mass is 15.2. The van der Waals surface area contributed by atoms with Crippen molar-refractivity contribution in [1.29, 1.82) is 0 Å². The van der Waals surface area contributed by atoms with E-state index in [0.717, 1.165) is 12.8 Å². The third kappa shape index (κ3) is 8.70. The number of para-hydroxylation sites is 2. The van der Waals surface area contributed by atoms with Crippen LogP contribution in [0.2, 0.25) is 0 Å². The summed E-state index contributed by atoms with van der Waals surface area (Å²) in [6, 6.07) is 100. The van der Waals surface area contributed by atoms with Gasteiger partial charge in [-0.1, -0.05) is 263 Å². The molecule has 0 saturated heterocycles. The van der Waals surface area contributed by atoms with Gasteiger partial charge in [0.15, 0.2) is 0 Å². The summed E-state index contributed by atoms with van der Waals surface area (Å²) < 4.78 is 0. The molecule has 11 aromatic rings. The molecule has 1 fully saturated rings. The van der Waals surface area contributed by atoms with E-state index in [0.29, 0.717) is 11.8 Å². The highest BCUT2D eigenvalue weighted by Crippen LogP contribution is 2.54. The summed E-state index contributed by atoms with van der Waals surface area (Å²) in [5.41, 5.74) is 27.2. The maximum absolute atomic E-state index is 2.71. The largest absolute Gasteiger partial charge is 0.310 e. The molecule has 0 bridgehead atoms. The van der Waals surface area contributed by atoms with Crippen LogP contribution in [0.4, 0.5) is 34.1 Å². The van der Waals surface area contributed by atoms with Gasteiger partial charge in [0, 0.05) is 45.0 Å². The molecule has 0 amide bonds. The molecule has 0 radical (unpaired) electrons. The average Bonchev–Trinajstić information content (AvgIpc) is 3.45. The summed E-state index contributed by atoms with van der Waals surface area (Å²) in [7, 11) is 0. The first-order valence-corrected chi connectivity index (χ1v) is 28.5. The maximum atomic E-state index is 2.71. The third-order valence-corrected chi connectivity index (χ3v) is 17.6. The Labute approximate surface area is 467 Å². The molecular weight excluding hydrogens is 952 g/mol. The predicted octanol–water partition coefficient (Wildman–Crippen LogP) is 19.1. The van der Waals surface area contributed by atoms with Crippen LogP contribution in [-0.4, -0.2) is 6.71 Å². The molecule has 1 aliphatic carbocycles. The summed E-state index contributed by atoms with van der Waals surface area (Å²) in [6.45, 7) is 7.22. The van der Waals surface area contributed by atoms with Crippen LogP contribution < -0.4 is 26.2 Å². The van der Waals surface area contributed by atoms with Gasteiger partial charge in [0.1, 0.15) is 0 Å². The van der Waals surface area contributed by atoms with Gasteiger partial charge in [-0.2, -0.15) is 0 Å². The first-order valence-electron chi connectivity index (χ1n) is 28.5. The van der Waals surface area contributed by atoms with Crippen molar-refractivity contribution in [3.05, 3.63) is 272 Å². The lowest BCUT2D eigenvalue weighted by molar-refractivity contribution is 0.169. The molecule has 2 nitrogen and oxygen atoms in total. The van der Waals surface area contributed by atoms with Crippen LogP contribution >= 0.6 is 0 Å². The van der Waals surface area contributed by atoms with Crippen molar-refractivity contribution in [3.63, 3.8) is 0 Å². The Morgan fingerprint density at radius 1 is 0.316 bits per heavy atom. The van der Waals surface area contributed by atoms with Crippen molar-refractivity contribution in [2.75, 3.05) is 9.80 Å². The highest BCUT2D eigenvalue weighted by Gasteiger charge is 2.46. The van der Waals surface area contributed by atoms with Gasteiger partial charge in [-0.05, 0) is 134 Å². The number of fused-ring (bicyclic) bond motifs is 4. The Hall–Kier alpha value is -8.92. The zero-order chi connectivity index (χ0) is 53.0. The number of benzene rings is 11. The molecule has 380 valence electrons. The smallest absolute Gasteiger partial charge is 0.252 e. The highest BCUT2D eigenvalue weighted by molar-refractivity contribution is 7.00. The van der Waals surface area contributed by atoms with E-state index in [-0.39, 0.29) is 12.1 Å². The number of rotatable bonds is 9. The van der Waals surface area contributed by atoms with E-state index < -0.39 is 0 Å². The molecule has 14 rings (SSSR count). The van der Waals surface area contributed by atoms with Crippen molar-refractivity contribution in [3.8, 4) is 66.8 Å².